The first kappa shape index (κ1) is 15.0. The maximum Gasteiger partial charge on any atom is 0.159 e. The molecule has 0 aliphatic carbocycles. The van der Waals surface area contributed by atoms with Crippen LogP contribution in [0, 0.1) is 11.6 Å². The van der Waals surface area contributed by atoms with Crippen LogP contribution in [-0.2, 0) is 7.05 Å². The second-order valence-electron chi connectivity index (χ2n) is 6.06. The van der Waals surface area contributed by atoms with Crippen LogP contribution in [0.2, 0.25) is 0 Å². The summed E-state index contributed by atoms with van der Waals surface area (Å²) in [5.74, 6) is -0.967. The maximum atomic E-state index is 14.3. The summed E-state index contributed by atoms with van der Waals surface area (Å²) in [4.78, 5) is 6.20. The Hall–Kier alpha value is -2.54. The van der Waals surface area contributed by atoms with Crippen molar-refractivity contribution in [2.75, 3.05) is 11.4 Å². The Morgan fingerprint density at radius 2 is 2.08 bits per heavy atom. The number of aryl methyl sites for hydroxylation is 1. The summed E-state index contributed by atoms with van der Waals surface area (Å²) in [6, 6.07) is 4.79. The topological polar surface area (TPSA) is 54.2 Å². The van der Waals surface area contributed by atoms with Gasteiger partial charge in [-0.2, -0.15) is 5.10 Å². The minimum atomic E-state index is -0.613. The zero-order valence-corrected chi connectivity index (χ0v) is 13.0. The largest absolute Gasteiger partial charge is 0.391 e. The van der Waals surface area contributed by atoms with E-state index in [0.29, 0.717) is 18.6 Å². The SMILES string of the molecule is Cn1ncc2c(N3C[C@H](O)C[C@H]3c3cc(F)ccc3F)ccnc21. The van der Waals surface area contributed by atoms with Crippen LogP contribution in [0.5, 0.6) is 0 Å². The Morgan fingerprint density at radius 3 is 2.92 bits per heavy atom. The third-order valence-corrected chi connectivity index (χ3v) is 4.52. The van der Waals surface area contributed by atoms with Crippen molar-refractivity contribution in [3.8, 4) is 0 Å². The highest BCUT2D eigenvalue weighted by atomic mass is 19.1. The number of β-amino-alcohol motifs (C(OH)–C–C–N with tert-alkyl or cyclic N) is 1. The number of nitrogens with zero attached hydrogens (tertiary/aromatic N) is 4. The van der Waals surface area contributed by atoms with Gasteiger partial charge in [0.25, 0.3) is 0 Å². The lowest BCUT2D eigenvalue weighted by Gasteiger charge is -2.27. The molecule has 0 unspecified atom stereocenters. The Balaban J connectivity index is 1.84. The van der Waals surface area contributed by atoms with E-state index in [2.05, 4.69) is 10.1 Å². The number of fused-ring (bicyclic) bond motifs is 1. The van der Waals surface area contributed by atoms with Crippen molar-refractivity contribution in [1.29, 1.82) is 0 Å². The van der Waals surface area contributed by atoms with Gasteiger partial charge < -0.3 is 10.0 Å². The number of halogens is 2. The molecule has 3 heterocycles. The van der Waals surface area contributed by atoms with Crippen LogP contribution in [-0.4, -0.2) is 32.5 Å². The summed E-state index contributed by atoms with van der Waals surface area (Å²) in [6.45, 7) is 0.342. The van der Waals surface area contributed by atoms with Crippen molar-refractivity contribution in [2.24, 2.45) is 7.05 Å². The highest BCUT2D eigenvalue weighted by Gasteiger charge is 2.35. The number of benzene rings is 1. The van der Waals surface area contributed by atoms with E-state index in [0.717, 1.165) is 23.2 Å². The first-order chi connectivity index (χ1) is 11.5. The summed E-state index contributed by atoms with van der Waals surface area (Å²) in [7, 11) is 1.79. The van der Waals surface area contributed by atoms with Gasteiger partial charge in [-0.15, -0.1) is 0 Å². The van der Waals surface area contributed by atoms with Crippen molar-refractivity contribution in [1.82, 2.24) is 14.8 Å². The van der Waals surface area contributed by atoms with Crippen molar-refractivity contribution in [3.63, 3.8) is 0 Å². The summed E-state index contributed by atoms with van der Waals surface area (Å²) in [5, 5.41) is 15.2. The van der Waals surface area contributed by atoms with Crippen molar-refractivity contribution >= 4 is 16.7 Å². The minimum Gasteiger partial charge on any atom is -0.391 e. The number of rotatable bonds is 2. The Labute approximate surface area is 137 Å². The van der Waals surface area contributed by atoms with Crippen LogP contribution in [0.1, 0.15) is 18.0 Å². The average Bonchev–Trinajstić information content (AvgIpc) is 3.13. The molecule has 0 radical (unpaired) electrons. The van der Waals surface area contributed by atoms with E-state index in [1.807, 2.05) is 11.0 Å². The first-order valence-corrected chi connectivity index (χ1v) is 7.71. The van der Waals surface area contributed by atoms with E-state index in [9.17, 15) is 13.9 Å². The van der Waals surface area contributed by atoms with Crippen LogP contribution < -0.4 is 4.90 Å². The van der Waals surface area contributed by atoms with Crippen LogP contribution in [0.25, 0.3) is 11.0 Å². The van der Waals surface area contributed by atoms with Gasteiger partial charge >= 0.3 is 0 Å². The zero-order chi connectivity index (χ0) is 16.8. The van der Waals surface area contributed by atoms with Gasteiger partial charge in [-0.25, -0.2) is 13.8 Å². The number of aliphatic hydroxyl groups is 1. The van der Waals surface area contributed by atoms with Gasteiger partial charge in [0.2, 0.25) is 0 Å². The third kappa shape index (κ3) is 2.32. The lowest BCUT2D eigenvalue weighted by molar-refractivity contribution is 0.194. The molecule has 2 atom stereocenters. The second kappa shape index (κ2) is 5.52. The fraction of sp³-hybridized carbons (Fsp3) is 0.294. The quantitative estimate of drug-likeness (QED) is 0.785. The van der Waals surface area contributed by atoms with E-state index in [1.54, 1.807) is 24.1 Å². The molecule has 7 heteroatoms. The number of anilines is 1. The molecule has 1 saturated heterocycles. The molecule has 1 fully saturated rings. The van der Waals surface area contributed by atoms with Gasteiger partial charge in [-0.1, -0.05) is 0 Å². The molecule has 0 amide bonds. The lowest BCUT2D eigenvalue weighted by Crippen LogP contribution is -2.25. The number of aliphatic hydroxyl groups excluding tert-OH is 1. The summed E-state index contributed by atoms with van der Waals surface area (Å²) in [6.07, 6.45) is 3.08. The van der Waals surface area contributed by atoms with E-state index >= 15 is 0 Å². The smallest absolute Gasteiger partial charge is 0.159 e. The molecular weight excluding hydrogens is 314 g/mol. The molecule has 2 aromatic heterocycles. The minimum absolute atomic E-state index is 0.250. The van der Waals surface area contributed by atoms with Crippen LogP contribution in [0.4, 0.5) is 14.5 Å². The Kier molecular flexibility index (Phi) is 3.45. The van der Waals surface area contributed by atoms with E-state index in [-0.39, 0.29) is 5.56 Å². The van der Waals surface area contributed by atoms with Gasteiger partial charge in [-0.05, 0) is 30.7 Å². The number of hydrogen-bond donors (Lipinski definition) is 1. The fourth-order valence-electron chi connectivity index (χ4n) is 3.43. The van der Waals surface area contributed by atoms with Crippen molar-refractivity contribution in [3.05, 3.63) is 53.9 Å². The molecule has 1 aromatic carbocycles. The first-order valence-electron chi connectivity index (χ1n) is 7.71. The maximum absolute atomic E-state index is 14.3. The predicted octanol–water partition coefficient (Wildman–Crippen LogP) is 2.56. The normalized spacial score (nSPS) is 20.9. The molecule has 0 saturated carbocycles. The summed E-state index contributed by atoms with van der Waals surface area (Å²) >= 11 is 0. The molecule has 3 aromatic rings. The van der Waals surface area contributed by atoms with Crippen LogP contribution in [0.15, 0.2) is 36.7 Å². The van der Waals surface area contributed by atoms with Crippen LogP contribution >= 0.6 is 0 Å². The third-order valence-electron chi connectivity index (χ3n) is 4.52. The summed E-state index contributed by atoms with van der Waals surface area (Å²) < 4.78 is 29.5. The molecule has 1 aliphatic rings. The lowest BCUT2D eigenvalue weighted by atomic mass is 10.0. The van der Waals surface area contributed by atoms with Gasteiger partial charge in [0.05, 0.1) is 29.4 Å². The molecule has 0 spiro atoms. The summed E-state index contributed by atoms with van der Waals surface area (Å²) in [5.41, 5.74) is 1.76. The van der Waals surface area contributed by atoms with Crippen molar-refractivity contribution in [2.45, 2.75) is 18.6 Å². The fourth-order valence-corrected chi connectivity index (χ4v) is 3.43. The molecule has 4 rings (SSSR count). The number of hydrogen-bond acceptors (Lipinski definition) is 4. The van der Waals surface area contributed by atoms with E-state index < -0.39 is 23.8 Å². The standard InChI is InChI=1S/C17H16F2N4O/c1-22-17-13(8-21-22)15(4-5-20-17)23-9-11(24)7-16(23)12-6-10(18)2-3-14(12)19/h2-6,8,11,16,24H,7,9H2,1H3/t11-,16+/m1/s1. The zero-order valence-electron chi connectivity index (χ0n) is 13.0. The van der Waals surface area contributed by atoms with E-state index in [1.165, 1.54) is 6.07 Å². The Morgan fingerprint density at radius 1 is 1.25 bits per heavy atom. The van der Waals surface area contributed by atoms with Gasteiger partial charge in [0.15, 0.2) is 5.65 Å². The van der Waals surface area contributed by atoms with Crippen LogP contribution in [0.3, 0.4) is 0 Å². The molecule has 5 nitrogen and oxygen atoms in total. The molecule has 1 N–H and O–H groups in total. The average molecular weight is 330 g/mol. The molecule has 1 aliphatic heterocycles. The van der Waals surface area contributed by atoms with Gasteiger partial charge in [0, 0.05) is 25.4 Å². The molecular formula is C17H16F2N4O. The van der Waals surface area contributed by atoms with E-state index in [4.69, 9.17) is 0 Å². The number of aromatic nitrogens is 3. The molecule has 24 heavy (non-hydrogen) atoms. The predicted molar refractivity (Wildman–Crippen MR) is 85.6 cm³/mol. The highest BCUT2D eigenvalue weighted by Crippen LogP contribution is 2.39. The molecule has 124 valence electrons. The monoisotopic (exact) mass is 330 g/mol. The van der Waals surface area contributed by atoms with Crippen molar-refractivity contribution < 1.29 is 13.9 Å². The second-order valence-corrected chi connectivity index (χ2v) is 6.06. The molecule has 0 bridgehead atoms. The number of pyridine rings is 1. The van der Waals surface area contributed by atoms with Gasteiger partial charge in [-0.3, -0.25) is 4.68 Å². The van der Waals surface area contributed by atoms with Gasteiger partial charge in [0.1, 0.15) is 11.6 Å². The Bertz CT molecular complexity index is 911. The highest BCUT2D eigenvalue weighted by molar-refractivity contribution is 5.89.